The van der Waals surface area contributed by atoms with Gasteiger partial charge in [-0.2, -0.15) is 0 Å². The highest BCUT2D eigenvalue weighted by atomic mass is 16.5. The van der Waals surface area contributed by atoms with Crippen LogP contribution >= 0.6 is 0 Å². The second-order valence-corrected chi connectivity index (χ2v) is 4.91. The molecule has 0 radical (unpaired) electrons. The van der Waals surface area contributed by atoms with Crippen LogP contribution in [0.4, 0.5) is 5.82 Å². The highest BCUT2D eigenvalue weighted by molar-refractivity contribution is 5.94. The number of hydrogen-bond donors (Lipinski definition) is 2. The van der Waals surface area contributed by atoms with Crippen LogP contribution < -0.4 is 10.6 Å². The lowest BCUT2D eigenvalue weighted by molar-refractivity contribution is 0.0947. The molecule has 0 aromatic carbocycles. The number of amides is 1. The third-order valence-corrected chi connectivity index (χ3v) is 3.03. The van der Waals surface area contributed by atoms with Crippen LogP contribution in [-0.4, -0.2) is 62.7 Å². The second kappa shape index (κ2) is 10.1. The summed E-state index contributed by atoms with van der Waals surface area (Å²) in [4.78, 5) is 18.4. The molecule has 1 amide bonds. The molecular formula is C15H26N4O2. The predicted octanol–water partition coefficient (Wildman–Crippen LogP) is 1.21. The molecule has 0 atom stereocenters. The van der Waals surface area contributed by atoms with Gasteiger partial charge in [0, 0.05) is 45.0 Å². The Morgan fingerprint density at radius 2 is 2.19 bits per heavy atom. The lowest BCUT2D eigenvalue weighted by atomic mass is 10.2. The topological polar surface area (TPSA) is 66.5 Å². The molecule has 21 heavy (non-hydrogen) atoms. The van der Waals surface area contributed by atoms with Gasteiger partial charge in [-0.25, -0.2) is 4.98 Å². The van der Waals surface area contributed by atoms with E-state index >= 15 is 0 Å². The van der Waals surface area contributed by atoms with E-state index in [2.05, 4.69) is 27.4 Å². The molecule has 118 valence electrons. The highest BCUT2D eigenvalue weighted by Crippen LogP contribution is 2.06. The monoisotopic (exact) mass is 294 g/mol. The fourth-order valence-electron chi connectivity index (χ4n) is 1.74. The molecule has 2 N–H and O–H groups in total. The molecule has 0 aliphatic carbocycles. The predicted molar refractivity (Wildman–Crippen MR) is 84.7 cm³/mol. The number of anilines is 1. The van der Waals surface area contributed by atoms with E-state index in [-0.39, 0.29) is 5.91 Å². The van der Waals surface area contributed by atoms with E-state index in [1.54, 1.807) is 25.4 Å². The van der Waals surface area contributed by atoms with E-state index in [0.717, 1.165) is 31.9 Å². The molecule has 0 saturated heterocycles. The van der Waals surface area contributed by atoms with Crippen LogP contribution in [0.25, 0.3) is 0 Å². The number of ether oxygens (including phenoxy) is 1. The van der Waals surface area contributed by atoms with Crippen molar-refractivity contribution in [3.63, 3.8) is 0 Å². The maximum atomic E-state index is 12.1. The van der Waals surface area contributed by atoms with Crippen LogP contribution in [0, 0.1) is 0 Å². The molecule has 1 aromatic rings. The van der Waals surface area contributed by atoms with Gasteiger partial charge in [0.15, 0.2) is 0 Å². The van der Waals surface area contributed by atoms with Crippen molar-refractivity contribution in [3.05, 3.63) is 23.9 Å². The van der Waals surface area contributed by atoms with Crippen molar-refractivity contribution in [2.75, 3.05) is 52.3 Å². The molecule has 1 aromatic heterocycles. The summed E-state index contributed by atoms with van der Waals surface area (Å²) in [6.07, 6.45) is 2.67. The van der Waals surface area contributed by atoms with Gasteiger partial charge >= 0.3 is 0 Å². The minimum Gasteiger partial charge on any atom is -0.383 e. The van der Waals surface area contributed by atoms with Crippen LogP contribution in [0.2, 0.25) is 0 Å². The summed E-state index contributed by atoms with van der Waals surface area (Å²) in [6, 6.07) is 3.50. The fraction of sp³-hybridized carbons (Fsp3) is 0.600. The van der Waals surface area contributed by atoms with Crippen molar-refractivity contribution in [3.8, 4) is 0 Å². The van der Waals surface area contributed by atoms with Crippen LogP contribution in [0.1, 0.15) is 23.7 Å². The molecule has 0 aliphatic rings. The molecule has 0 bridgehead atoms. The van der Waals surface area contributed by atoms with E-state index in [1.807, 2.05) is 7.05 Å². The number of methoxy groups -OCH3 is 1. The third-order valence-electron chi connectivity index (χ3n) is 3.03. The van der Waals surface area contributed by atoms with Gasteiger partial charge in [-0.05, 0) is 25.6 Å². The average Bonchev–Trinajstić information content (AvgIpc) is 2.51. The number of rotatable bonds is 10. The van der Waals surface area contributed by atoms with Gasteiger partial charge in [-0.1, -0.05) is 6.92 Å². The number of hydrogen-bond acceptors (Lipinski definition) is 5. The SMILES string of the molecule is CCCNc1cc(C(=O)NCCN(C)CCOC)ccn1. The maximum absolute atomic E-state index is 12.1. The number of carbonyl (C=O) groups excluding carboxylic acids is 1. The first kappa shape index (κ1) is 17.4. The molecule has 0 unspecified atom stereocenters. The van der Waals surface area contributed by atoms with Crippen LogP contribution in [0.15, 0.2) is 18.3 Å². The Kier molecular flexibility index (Phi) is 8.38. The number of pyridine rings is 1. The number of nitrogens with one attached hydrogen (secondary N) is 2. The van der Waals surface area contributed by atoms with Gasteiger partial charge in [0.25, 0.3) is 5.91 Å². The summed E-state index contributed by atoms with van der Waals surface area (Å²) >= 11 is 0. The van der Waals surface area contributed by atoms with Gasteiger partial charge in [-0.15, -0.1) is 0 Å². The summed E-state index contributed by atoms with van der Waals surface area (Å²) in [7, 11) is 3.69. The van der Waals surface area contributed by atoms with Gasteiger partial charge in [0.05, 0.1) is 6.61 Å². The van der Waals surface area contributed by atoms with Crippen molar-refractivity contribution in [2.24, 2.45) is 0 Å². The Morgan fingerprint density at radius 3 is 2.90 bits per heavy atom. The lowest BCUT2D eigenvalue weighted by Gasteiger charge is -2.16. The number of likely N-dealkylation sites (N-methyl/N-ethyl adjacent to an activating group) is 1. The maximum Gasteiger partial charge on any atom is 0.251 e. The first-order valence-electron chi connectivity index (χ1n) is 7.33. The Balaban J connectivity index is 2.37. The molecule has 0 spiro atoms. The van der Waals surface area contributed by atoms with E-state index in [1.165, 1.54) is 0 Å². The summed E-state index contributed by atoms with van der Waals surface area (Å²) in [6.45, 7) is 5.89. The third kappa shape index (κ3) is 7.06. The van der Waals surface area contributed by atoms with Crippen molar-refractivity contribution >= 4 is 11.7 Å². The van der Waals surface area contributed by atoms with Gasteiger partial charge in [0.2, 0.25) is 0 Å². The normalized spacial score (nSPS) is 10.7. The van der Waals surface area contributed by atoms with Crippen molar-refractivity contribution < 1.29 is 9.53 Å². The quantitative estimate of drug-likeness (QED) is 0.679. The van der Waals surface area contributed by atoms with Crippen LogP contribution in [-0.2, 0) is 4.74 Å². The fourth-order valence-corrected chi connectivity index (χ4v) is 1.74. The summed E-state index contributed by atoms with van der Waals surface area (Å²) in [5, 5.41) is 6.09. The molecule has 0 aliphatic heterocycles. The Labute approximate surface area is 126 Å². The van der Waals surface area contributed by atoms with Crippen LogP contribution in [0.5, 0.6) is 0 Å². The summed E-state index contributed by atoms with van der Waals surface area (Å²) in [5.74, 6) is 0.666. The second-order valence-electron chi connectivity index (χ2n) is 4.91. The first-order chi connectivity index (χ1) is 10.2. The molecule has 1 heterocycles. The van der Waals surface area contributed by atoms with Crippen molar-refractivity contribution in [1.29, 1.82) is 0 Å². The van der Waals surface area contributed by atoms with Gasteiger partial charge < -0.3 is 20.3 Å². The van der Waals surface area contributed by atoms with Crippen LogP contribution in [0.3, 0.4) is 0 Å². The molecule has 0 fully saturated rings. The van der Waals surface area contributed by atoms with E-state index < -0.39 is 0 Å². The van der Waals surface area contributed by atoms with Crippen molar-refractivity contribution in [2.45, 2.75) is 13.3 Å². The highest BCUT2D eigenvalue weighted by Gasteiger charge is 2.07. The lowest BCUT2D eigenvalue weighted by Crippen LogP contribution is -2.34. The smallest absolute Gasteiger partial charge is 0.251 e. The molecule has 6 nitrogen and oxygen atoms in total. The Morgan fingerprint density at radius 1 is 1.38 bits per heavy atom. The standard InChI is InChI=1S/C15H26N4O2/c1-4-6-16-14-12-13(5-7-17-14)15(20)18-8-9-19(2)10-11-21-3/h5,7,12H,4,6,8-11H2,1-3H3,(H,16,17)(H,18,20). The Hall–Kier alpha value is -1.66. The summed E-state index contributed by atoms with van der Waals surface area (Å²) < 4.78 is 5.01. The molecule has 0 saturated carbocycles. The zero-order valence-corrected chi connectivity index (χ0v) is 13.2. The van der Waals surface area contributed by atoms with E-state index in [4.69, 9.17) is 4.74 Å². The first-order valence-corrected chi connectivity index (χ1v) is 7.33. The number of carbonyl (C=O) groups is 1. The number of nitrogens with zero attached hydrogens (tertiary/aromatic N) is 2. The molecular weight excluding hydrogens is 268 g/mol. The minimum atomic E-state index is -0.0721. The average molecular weight is 294 g/mol. The van der Waals surface area contributed by atoms with E-state index in [0.29, 0.717) is 18.7 Å². The number of aromatic nitrogens is 1. The van der Waals surface area contributed by atoms with Gasteiger partial charge in [-0.3, -0.25) is 4.79 Å². The van der Waals surface area contributed by atoms with Crippen molar-refractivity contribution in [1.82, 2.24) is 15.2 Å². The summed E-state index contributed by atoms with van der Waals surface area (Å²) in [5.41, 5.74) is 0.628. The van der Waals surface area contributed by atoms with E-state index in [9.17, 15) is 4.79 Å². The largest absolute Gasteiger partial charge is 0.383 e. The minimum absolute atomic E-state index is 0.0721. The Bertz CT molecular complexity index is 426. The van der Waals surface area contributed by atoms with Gasteiger partial charge in [0.1, 0.15) is 5.82 Å². The molecule has 6 heteroatoms. The zero-order valence-electron chi connectivity index (χ0n) is 13.2. The zero-order chi connectivity index (χ0) is 15.5. The molecule has 1 rings (SSSR count).